The first-order chi connectivity index (χ1) is 6.79. The van der Waals surface area contributed by atoms with Crippen LogP contribution in [0.25, 0.3) is 11.5 Å². The zero-order valence-corrected chi connectivity index (χ0v) is 7.77. The molecule has 2 heterocycles. The van der Waals surface area contributed by atoms with Crippen LogP contribution in [-0.4, -0.2) is 15.2 Å². The van der Waals surface area contributed by atoms with E-state index < -0.39 is 0 Å². The first-order valence-electron chi connectivity index (χ1n) is 4.25. The van der Waals surface area contributed by atoms with Crippen molar-refractivity contribution in [2.75, 3.05) is 0 Å². The van der Waals surface area contributed by atoms with Gasteiger partial charge in [-0.3, -0.25) is 4.98 Å². The number of nitrogens with zero attached hydrogens (tertiary/aromatic N) is 3. The van der Waals surface area contributed by atoms with Gasteiger partial charge in [-0.1, -0.05) is 0 Å². The van der Waals surface area contributed by atoms with Crippen LogP contribution in [0.2, 0.25) is 0 Å². The van der Waals surface area contributed by atoms with Gasteiger partial charge in [0.1, 0.15) is 0 Å². The predicted molar refractivity (Wildman–Crippen MR) is 50.2 cm³/mol. The summed E-state index contributed by atoms with van der Waals surface area (Å²) >= 11 is 0. The molecule has 2 aromatic rings. The molecule has 0 fully saturated rings. The molecule has 0 unspecified atom stereocenters. The molecule has 2 aromatic heterocycles. The summed E-state index contributed by atoms with van der Waals surface area (Å²) in [6.07, 6.45) is 1.71. The van der Waals surface area contributed by atoms with E-state index in [1.54, 1.807) is 6.20 Å². The monoisotopic (exact) mass is 190 g/mol. The minimum atomic E-state index is 0.261. The van der Waals surface area contributed by atoms with E-state index in [-0.39, 0.29) is 6.54 Å². The van der Waals surface area contributed by atoms with Gasteiger partial charge < -0.3 is 10.2 Å². The van der Waals surface area contributed by atoms with Crippen LogP contribution in [0.1, 0.15) is 11.6 Å². The van der Waals surface area contributed by atoms with Crippen LogP contribution in [0.5, 0.6) is 0 Å². The average Bonchev–Trinajstić information content (AvgIpc) is 2.66. The van der Waals surface area contributed by atoms with Crippen LogP contribution in [0.3, 0.4) is 0 Å². The van der Waals surface area contributed by atoms with E-state index in [0.717, 1.165) is 11.3 Å². The van der Waals surface area contributed by atoms with Gasteiger partial charge in [0.2, 0.25) is 11.8 Å². The molecule has 0 amide bonds. The Kier molecular flexibility index (Phi) is 2.24. The quantitative estimate of drug-likeness (QED) is 0.761. The summed E-state index contributed by atoms with van der Waals surface area (Å²) in [5.41, 5.74) is 7.14. The smallest absolute Gasteiger partial charge is 0.247 e. The number of aromatic nitrogens is 3. The van der Waals surface area contributed by atoms with Crippen LogP contribution in [0.15, 0.2) is 22.7 Å². The van der Waals surface area contributed by atoms with Gasteiger partial charge in [-0.25, -0.2) is 0 Å². The molecule has 5 heteroatoms. The van der Waals surface area contributed by atoms with Crippen LogP contribution in [0, 0.1) is 6.92 Å². The topological polar surface area (TPSA) is 77.8 Å². The van der Waals surface area contributed by atoms with Crippen molar-refractivity contribution >= 4 is 0 Å². The highest BCUT2D eigenvalue weighted by atomic mass is 16.4. The first-order valence-corrected chi connectivity index (χ1v) is 4.25. The molecule has 0 aliphatic rings. The van der Waals surface area contributed by atoms with Gasteiger partial charge in [-0.2, -0.15) is 0 Å². The molecule has 0 aliphatic carbocycles. The second-order valence-electron chi connectivity index (χ2n) is 2.89. The summed E-state index contributed by atoms with van der Waals surface area (Å²) in [6, 6.07) is 3.70. The van der Waals surface area contributed by atoms with Crippen molar-refractivity contribution in [1.82, 2.24) is 15.2 Å². The summed E-state index contributed by atoms with van der Waals surface area (Å²) in [4.78, 5) is 4.08. The highest BCUT2D eigenvalue weighted by molar-refractivity contribution is 5.52. The fourth-order valence-corrected chi connectivity index (χ4v) is 1.13. The number of hydrogen-bond acceptors (Lipinski definition) is 5. The molecule has 0 aliphatic heterocycles. The number of rotatable bonds is 2. The van der Waals surface area contributed by atoms with Gasteiger partial charge >= 0.3 is 0 Å². The maximum atomic E-state index is 5.36. The Morgan fingerprint density at radius 1 is 1.43 bits per heavy atom. The second kappa shape index (κ2) is 3.55. The van der Waals surface area contributed by atoms with Crippen molar-refractivity contribution in [3.8, 4) is 11.5 Å². The van der Waals surface area contributed by atoms with E-state index in [4.69, 9.17) is 10.2 Å². The fraction of sp³-hybridized carbons (Fsp3) is 0.222. The zero-order chi connectivity index (χ0) is 9.97. The summed E-state index contributed by atoms with van der Waals surface area (Å²) in [5.74, 6) is 0.922. The fourth-order valence-electron chi connectivity index (χ4n) is 1.13. The summed E-state index contributed by atoms with van der Waals surface area (Å²) < 4.78 is 5.30. The number of pyridine rings is 1. The zero-order valence-electron chi connectivity index (χ0n) is 7.77. The van der Waals surface area contributed by atoms with Crippen molar-refractivity contribution in [1.29, 1.82) is 0 Å². The predicted octanol–water partition coefficient (Wildman–Crippen LogP) is 0.899. The van der Waals surface area contributed by atoms with E-state index in [2.05, 4.69) is 15.2 Å². The van der Waals surface area contributed by atoms with Crippen LogP contribution >= 0.6 is 0 Å². The van der Waals surface area contributed by atoms with Crippen molar-refractivity contribution in [3.05, 3.63) is 29.9 Å². The molecule has 0 spiro atoms. The minimum Gasteiger partial charge on any atom is -0.419 e. The maximum absolute atomic E-state index is 5.36. The molecule has 14 heavy (non-hydrogen) atoms. The Morgan fingerprint density at radius 2 is 2.29 bits per heavy atom. The Bertz CT molecular complexity index is 438. The number of aryl methyl sites for hydroxylation is 1. The Hall–Kier alpha value is -1.75. The van der Waals surface area contributed by atoms with E-state index in [1.165, 1.54) is 0 Å². The van der Waals surface area contributed by atoms with Crippen molar-refractivity contribution < 1.29 is 4.42 Å². The molecule has 0 radical (unpaired) electrons. The maximum Gasteiger partial charge on any atom is 0.247 e. The SMILES string of the molecule is Cc1cc(-c2nnc(CN)o2)ccn1. The highest BCUT2D eigenvalue weighted by Gasteiger charge is 2.06. The molecule has 2 rings (SSSR count). The van der Waals surface area contributed by atoms with E-state index in [9.17, 15) is 0 Å². The van der Waals surface area contributed by atoms with Crippen molar-refractivity contribution in [3.63, 3.8) is 0 Å². The largest absolute Gasteiger partial charge is 0.419 e. The Balaban J connectivity index is 2.39. The van der Waals surface area contributed by atoms with Crippen LogP contribution in [-0.2, 0) is 6.54 Å². The Labute approximate surface area is 81.0 Å². The standard InChI is InChI=1S/C9H10N4O/c1-6-4-7(2-3-11-6)9-13-12-8(5-10)14-9/h2-4H,5,10H2,1H3. The normalized spacial score (nSPS) is 10.4. The van der Waals surface area contributed by atoms with Crippen molar-refractivity contribution in [2.24, 2.45) is 5.73 Å². The van der Waals surface area contributed by atoms with Crippen LogP contribution in [0.4, 0.5) is 0 Å². The number of nitrogens with two attached hydrogens (primary N) is 1. The van der Waals surface area contributed by atoms with Gasteiger partial charge in [-0.15, -0.1) is 10.2 Å². The second-order valence-corrected chi connectivity index (χ2v) is 2.89. The van der Waals surface area contributed by atoms with Gasteiger partial charge in [0.05, 0.1) is 6.54 Å². The molecular formula is C9H10N4O. The van der Waals surface area contributed by atoms with Gasteiger partial charge in [0.25, 0.3) is 0 Å². The first kappa shape index (κ1) is 8.83. The molecule has 5 nitrogen and oxygen atoms in total. The summed E-state index contributed by atoms with van der Waals surface area (Å²) in [5, 5.41) is 7.65. The van der Waals surface area contributed by atoms with E-state index in [0.29, 0.717) is 11.8 Å². The van der Waals surface area contributed by atoms with Gasteiger partial charge in [0, 0.05) is 17.5 Å². The molecule has 0 bridgehead atoms. The lowest BCUT2D eigenvalue weighted by molar-refractivity contribution is 0.508. The third-order valence-corrected chi connectivity index (χ3v) is 1.79. The molecular weight excluding hydrogens is 180 g/mol. The molecule has 72 valence electrons. The molecule has 0 aromatic carbocycles. The molecule has 0 atom stereocenters. The third kappa shape index (κ3) is 1.62. The minimum absolute atomic E-state index is 0.261. The molecule has 2 N–H and O–H groups in total. The van der Waals surface area contributed by atoms with E-state index >= 15 is 0 Å². The lowest BCUT2D eigenvalue weighted by Gasteiger charge is -1.94. The third-order valence-electron chi connectivity index (χ3n) is 1.79. The lowest BCUT2D eigenvalue weighted by atomic mass is 10.2. The van der Waals surface area contributed by atoms with E-state index in [1.807, 2.05) is 19.1 Å². The Morgan fingerprint density at radius 3 is 2.93 bits per heavy atom. The van der Waals surface area contributed by atoms with Crippen molar-refractivity contribution in [2.45, 2.75) is 13.5 Å². The highest BCUT2D eigenvalue weighted by Crippen LogP contribution is 2.17. The lowest BCUT2D eigenvalue weighted by Crippen LogP contribution is -1.95. The molecule has 0 saturated carbocycles. The summed E-state index contributed by atoms with van der Waals surface area (Å²) in [6.45, 7) is 2.17. The van der Waals surface area contributed by atoms with Gasteiger partial charge in [0.15, 0.2) is 0 Å². The van der Waals surface area contributed by atoms with Gasteiger partial charge in [-0.05, 0) is 19.1 Å². The number of hydrogen-bond donors (Lipinski definition) is 1. The average molecular weight is 190 g/mol. The summed E-state index contributed by atoms with van der Waals surface area (Å²) in [7, 11) is 0. The molecule has 0 saturated heterocycles. The van der Waals surface area contributed by atoms with Crippen LogP contribution < -0.4 is 5.73 Å².